The molecular weight excluding hydrogens is 603 g/mol. The molecule has 0 fully saturated rings. The summed E-state index contributed by atoms with van der Waals surface area (Å²) >= 11 is 0. The minimum atomic E-state index is -0.0943. The van der Waals surface area contributed by atoms with Crippen LogP contribution in [0.1, 0.15) is 25.0 Å². The highest BCUT2D eigenvalue weighted by Crippen LogP contribution is 2.50. The van der Waals surface area contributed by atoms with Crippen molar-refractivity contribution in [3.05, 3.63) is 199 Å². The fourth-order valence-corrected chi connectivity index (χ4v) is 7.78. The zero-order valence-corrected chi connectivity index (χ0v) is 28.3. The van der Waals surface area contributed by atoms with Crippen molar-refractivity contribution in [2.75, 3.05) is 4.90 Å². The van der Waals surface area contributed by atoms with E-state index in [4.69, 9.17) is 0 Å². The van der Waals surface area contributed by atoms with E-state index in [2.05, 4.69) is 207 Å². The minimum Gasteiger partial charge on any atom is -0.310 e. The van der Waals surface area contributed by atoms with Crippen LogP contribution in [0.5, 0.6) is 0 Å². The van der Waals surface area contributed by atoms with E-state index in [9.17, 15) is 0 Å². The van der Waals surface area contributed by atoms with Gasteiger partial charge < -0.3 is 4.90 Å². The molecule has 1 heteroatoms. The summed E-state index contributed by atoms with van der Waals surface area (Å²) in [6.07, 6.45) is 0. The van der Waals surface area contributed by atoms with E-state index in [0.717, 1.165) is 17.1 Å². The van der Waals surface area contributed by atoms with Crippen LogP contribution in [0.15, 0.2) is 188 Å². The molecule has 9 rings (SSSR count). The molecule has 0 atom stereocenters. The lowest BCUT2D eigenvalue weighted by Crippen LogP contribution is -2.16. The van der Waals surface area contributed by atoms with Crippen LogP contribution in [0.2, 0.25) is 0 Å². The third-order valence-electron chi connectivity index (χ3n) is 10.4. The van der Waals surface area contributed by atoms with Crippen molar-refractivity contribution in [3.8, 4) is 44.5 Å². The molecule has 0 bridgehead atoms. The maximum Gasteiger partial charge on any atom is 0.0467 e. The van der Waals surface area contributed by atoms with Gasteiger partial charge in [-0.1, -0.05) is 159 Å². The summed E-state index contributed by atoms with van der Waals surface area (Å²) in [7, 11) is 0. The van der Waals surface area contributed by atoms with Crippen molar-refractivity contribution in [2.24, 2.45) is 0 Å². The highest BCUT2D eigenvalue weighted by molar-refractivity contribution is 5.90. The summed E-state index contributed by atoms with van der Waals surface area (Å²) in [6.45, 7) is 4.71. The molecule has 8 aromatic carbocycles. The maximum absolute atomic E-state index is 2.42. The van der Waals surface area contributed by atoms with E-state index in [1.165, 1.54) is 66.4 Å². The third-order valence-corrected chi connectivity index (χ3v) is 10.4. The predicted octanol–water partition coefficient (Wildman–Crippen LogP) is 13.6. The normalized spacial score (nSPS) is 12.8. The summed E-state index contributed by atoms with van der Waals surface area (Å²) in [5.41, 5.74) is 16.0. The second-order valence-electron chi connectivity index (χ2n) is 13.8. The molecule has 0 radical (unpaired) electrons. The molecule has 0 aromatic heterocycles. The van der Waals surface area contributed by atoms with Gasteiger partial charge in [-0.2, -0.15) is 0 Å². The molecule has 0 saturated carbocycles. The lowest BCUT2D eigenvalue weighted by molar-refractivity contribution is 0.660. The molecule has 1 aliphatic rings. The van der Waals surface area contributed by atoms with E-state index < -0.39 is 0 Å². The molecule has 1 nitrogen and oxygen atoms in total. The lowest BCUT2D eigenvalue weighted by atomic mass is 9.82. The zero-order chi connectivity index (χ0) is 33.7. The van der Waals surface area contributed by atoms with Crippen molar-refractivity contribution in [1.82, 2.24) is 0 Å². The number of anilines is 3. The summed E-state index contributed by atoms with van der Waals surface area (Å²) in [4.78, 5) is 2.42. The fraction of sp³-hybridized carbons (Fsp3) is 0.0612. The van der Waals surface area contributed by atoms with Gasteiger partial charge in [0.1, 0.15) is 0 Å². The van der Waals surface area contributed by atoms with Gasteiger partial charge in [0.15, 0.2) is 0 Å². The second kappa shape index (κ2) is 12.1. The molecule has 0 unspecified atom stereocenters. The Kier molecular flexibility index (Phi) is 7.21. The summed E-state index contributed by atoms with van der Waals surface area (Å²) in [5.74, 6) is 0. The Hall–Kier alpha value is -6.18. The molecular formula is C49H37N. The maximum atomic E-state index is 2.42. The Balaban J connectivity index is 1.17. The van der Waals surface area contributed by atoms with Gasteiger partial charge in [0.25, 0.3) is 0 Å². The van der Waals surface area contributed by atoms with Crippen molar-refractivity contribution >= 4 is 27.8 Å². The van der Waals surface area contributed by atoms with Gasteiger partial charge >= 0.3 is 0 Å². The van der Waals surface area contributed by atoms with Gasteiger partial charge in [0.2, 0.25) is 0 Å². The van der Waals surface area contributed by atoms with Crippen molar-refractivity contribution in [1.29, 1.82) is 0 Å². The number of hydrogen-bond acceptors (Lipinski definition) is 1. The van der Waals surface area contributed by atoms with Crippen LogP contribution in [0, 0.1) is 0 Å². The number of hydrogen-bond donors (Lipinski definition) is 0. The first-order valence-electron chi connectivity index (χ1n) is 17.4. The summed E-state index contributed by atoms with van der Waals surface area (Å²) in [6, 6.07) is 68.7. The van der Waals surface area contributed by atoms with Crippen LogP contribution in [0.25, 0.3) is 55.3 Å². The molecule has 0 N–H and O–H groups in total. The standard InChI is InChI=1S/C49H37N/c1-49(2)47-21-9-8-20-45(47)46-29-28-44(33-48(46)49)50(43-19-11-17-40(32-43)41-27-26-35-14-6-7-15-38(35)30-41)42-18-10-16-39(31-42)37-24-22-36(23-25-37)34-12-4-3-5-13-34/h3-33H,1-2H3. The first-order valence-corrected chi connectivity index (χ1v) is 17.4. The SMILES string of the molecule is CC1(C)c2ccccc2-c2ccc(N(c3cccc(-c4ccc(-c5ccccc5)cc4)c3)c3cccc(-c4ccc5ccccc5c4)c3)cc21. The summed E-state index contributed by atoms with van der Waals surface area (Å²) < 4.78 is 0. The molecule has 0 saturated heterocycles. The Morgan fingerprint density at radius 2 is 0.820 bits per heavy atom. The molecule has 238 valence electrons. The second-order valence-corrected chi connectivity index (χ2v) is 13.8. The molecule has 0 spiro atoms. The van der Waals surface area contributed by atoms with Crippen LogP contribution < -0.4 is 4.90 Å². The quantitative estimate of drug-likeness (QED) is 0.175. The Morgan fingerprint density at radius 1 is 0.320 bits per heavy atom. The first kappa shape index (κ1) is 29.9. The van der Waals surface area contributed by atoms with Crippen LogP contribution >= 0.6 is 0 Å². The van der Waals surface area contributed by atoms with Gasteiger partial charge in [-0.05, 0) is 109 Å². The van der Waals surface area contributed by atoms with Crippen LogP contribution in [0.3, 0.4) is 0 Å². The van der Waals surface area contributed by atoms with Gasteiger partial charge in [0, 0.05) is 22.5 Å². The van der Waals surface area contributed by atoms with Gasteiger partial charge in [-0.3, -0.25) is 0 Å². The zero-order valence-electron chi connectivity index (χ0n) is 28.3. The van der Waals surface area contributed by atoms with Gasteiger partial charge in [0.05, 0.1) is 0 Å². The monoisotopic (exact) mass is 639 g/mol. The Bertz CT molecular complexity index is 2510. The minimum absolute atomic E-state index is 0.0943. The lowest BCUT2D eigenvalue weighted by Gasteiger charge is -2.29. The molecule has 0 aliphatic heterocycles. The van der Waals surface area contributed by atoms with Crippen molar-refractivity contribution in [3.63, 3.8) is 0 Å². The average Bonchev–Trinajstić information content (AvgIpc) is 3.41. The van der Waals surface area contributed by atoms with E-state index in [1.807, 2.05) is 0 Å². The molecule has 0 heterocycles. The third kappa shape index (κ3) is 5.19. The Morgan fingerprint density at radius 3 is 1.56 bits per heavy atom. The molecule has 50 heavy (non-hydrogen) atoms. The highest BCUT2D eigenvalue weighted by Gasteiger charge is 2.35. The van der Waals surface area contributed by atoms with Gasteiger partial charge in [-0.15, -0.1) is 0 Å². The van der Waals surface area contributed by atoms with E-state index in [-0.39, 0.29) is 5.41 Å². The highest BCUT2D eigenvalue weighted by atomic mass is 15.1. The molecule has 1 aliphatic carbocycles. The van der Waals surface area contributed by atoms with E-state index in [0.29, 0.717) is 0 Å². The van der Waals surface area contributed by atoms with Crippen LogP contribution in [-0.4, -0.2) is 0 Å². The Labute approximate surface area is 294 Å². The average molecular weight is 640 g/mol. The van der Waals surface area contributed by atoms with Gasteiger partial charge in [-0.25, -0.2) is 0 Å². The summed E-state index contributed by atoms with van der Waals surface area (Å²) in [5, 5.41) is 2.50. The molecule has 0 amide bonds. The number of fused-ring (bicyclic) bond motifs is 4. The molecule has 8 aromatic rings. The number of nitrogens with zero attached hydrogens (tertiary/aromatic N) is 1. The van der Waals surface area contributed by atoms with Crippen LogP contribution in [-0.2, 0) is 5.41 Å². The largest absolute Gasteiger partial charge is 0.310 e. The topological polar surface area (TPSA) is 3.24 Å². The number of benzene rings is 8. The predicted molar refractivity (Wildman–Crippen MR) is 213 cm³/mol. The smallest absolute Gasteiger partial charge is 0.0467 e. The van der Waals surface area contributed by atoms with Crippen molar-refractivity contribution < 1.29 is 0 Å². The van der Waals surface area contributed by atoms with Crippen LogP contribution in [0.4, 0.5) is 17.1 Å². The number of rotatable bonds is 6. The van der Waals surface area contributed by atoms with Crippen molar-refractivity contribution in [2.45, 2.75) is 19.3 Å². The first-order chi connectivity index (χ1) is 24.5. The van der Waals surface area contributed by atoms with E-state index >= 15 is 0 Å². The fourth-order valence-electron chi connectivity index (χ4n) is 7.78. The van der Waals surface area contributed by atoms with E-state index in [1.54, 1.807) is 0 Å².